The van der Waals surface area contributed by atoms with Gasteiger partial charge in [0.15, 0.2) is 0 Å². The third-order valence-corrected chi connectivity index (χ3v) is 3.19. The molecule has 0 saturated carbocycles. The maximum Gasteiger partial charge on any atom is 0.260 e. The molecule has 100 valence electrons. The maximum atomic E-state index is 5.91. The van der Waals surface area contributed by atoms with Crippen molar-refractivity contribution in [1.29, 1.82) is 0 Å². The van der Waals surface area contributed by atoms with Crippen molar-refractivity contribution in [1.82, 2.24) is 15.1 Å². The van der Waals surface area contributed by atoms with Gasteiger partial charge in [-0.1, -0.05) is 16.8 Å². The number of nitrogens with two attached hydrogens (primary N) is 1. The van der Waals surface area contributed by atoms with E-state index in [1.165, 1.54) is 0 Å². The highest BCUT2D eigenvalue weighted by molar-refractivity contribution is 6.31. The van der Waals surface area contributed by atoms with Gasteiger partial charge < -0.3 is 10.3 Å². The number of nitrogen functional groups attached to an aromatic ring is 1. The molecule has 0 saturated heterocycles. The number of rotatable bonds is 2. The largest absolute Gasteiger partial charge is 0.398 e. The van der Waals surface area contributed by atoms with Crippen LogP contribution in [0.5, 0.6) is 0 Å². The monoisotopic (exact) mass is 286 g/mol. The molecule has 0 amide bonds. The number of pyridine rings is 1. The van der Waals surface area contributed by atoms with Crippen molar-refractivity contribution in [3.05, 3.63) is 47.2 Å². The molecule has 2 heterocycles. The molecule has 0 aliphatic heterocycles. The summed E-state index contributed by atoms with van der Waals surface area (Å²) in [5.74, 6) is 0.845. The Balaban J connectivity index is 2.04. The highest BCUT2D eigenvalue weighted by atomic mass is 35.5. The van der Waals surface area contributed by atoms with Crippen molar-refractivity contribution in [3.63, 3.8) is 0 Å². The first-order chi connectivity index (χ1) is 9.65. The summed E-state index contributed by atoms with van der Waals surface area (Å²) >= 11 is 5.87. The summed E-state index contributed by atoms with van der Waals surface area (Å²) in [7, 11) is 0. The van der Waals surface area contributed by atoms with E-state index in [9.17, 15) is 0 Å². The summed E-state index contributed by atoms with van der Waals surface area (Å²) < 4.78 is 5.27. The minimum absolute atomic E-state index is 0.359. The number of aromatic nitrogens is 3. The zero-order chi connectivity index (χ0) is 14.1. The zero-order valence-corrected chi connectivity index (χ0v) is 11.4. The minimum atomic E-state index is 0.359. The van der Waals surface area contributed by atoms with Gasteiger partial charge in [0.1, 0.15) is 0 Å². The maximum absolute atomic E-state index is 5.91. The van der Waals surface area contributed by atoms with Crippen molar-refractivity contribution in [2.24, 2.45) is 0 Å². The van der Waals surface area contributed by atoms with Crippen molar-refractivity contribution in [3.8, 4) is 22.8 Å². The van der Waals surface area contributed by atoms with Crippen LogP contribution in [-0.4, -0.2) is 15.1 Å². The Labute approximate surface area is 120 Å². The van der Waals surface area contributed by atoms with Gasteiger partial charge >= 0.3 is 0 Å². The Morgan fingerprint density at radius 3 is 2.80 bits per heavy atom. The highest BCUT2D eigenvalue weighted by Gasteiger charge is 2.14. The fourth-order valence-corrected chi connectivity index (χ4v) is 2.05. The van der Waals surface area contributed by atoms with Crippen molar-refractivity contribution in [2.75, 3.05) is 5.73 Å². The van der Waals surface area contributed by atoms with Gasteiger partial charge in [-0.05, 0) is 36.8 Å². The van der Waals surface area contributed by atoms with Crippen LogP contribution in [0.4, 0.5) is 5.69 Å². The smallest absolute Gasteiger partial charge is 0.260 e. The van der Waals surface area contributed by atoms with Crippen LogP contribution in [0.2, 0.25) is 5.02 Å². The van der Waals surface area contributed by atoms with E-state index >= 15 is 0 Å². The Hall–Kier alpha value is -2.40. The van der Waals surface area contributed by atoms with E-state index in [0.717, 1.165) is 11.1 Å². The van der Waals surface area contributed by atoms with E-state index in [1.54, 1.807) is 30.6 Å². The Morgan fingerprint density at radius 2 is 2.05 bits per heavy atom. The Morgan fingerprint density at radius 1 is 1.20 bits per heavy atom. The fraction of sp³-hybridized carbons (Fsp3) is 0.0714. The lowest BCUT2D eigenvalue weighted by molar-refractivity contribution is 0.432. The van der Waals surface area contributed by atoms with E-state index in [1.807, 2.05) is 13.0 Å². The Kier molecular flexibility index (Phi) is 3.12. The zero-order valence-electron chi connectivity index (χ0n) is 10.7. The van der Waals surface area contributed by atoms with Gasteiger partial charge in [0.2, 0.25) is 5.82 Å². The summed E-state index contributed by atoms with van der Waals surface area (Å²) in [4.78, 5) is 8.43. The van der Waals surface area contributed by atoms with Crippen molar-refractivity contribution < 1.29 is 4.52 Å². The molecule has 0 atom stereocenters. The predicted molar refractivity (Wildman–Crippen MR) is 77.1 cm³/mol. The highest BCUT2D eigenvalue weighted by Crippen LogP contribution is 2.29. The number of halogens is 1. The van der Waals surface area contributed by atoms with Gasteiger partial charge in [-0.15, -0.1) is 0 Å². The number of anilines is 1. The molecule has 2 N–H and O–H groups in total. The fourth-order valence-electron chi connectivity index (χ4n) is 1.87. The molecule has 0 aliphatic rings. The quantitative estimate of drug-likeness (QED) is 0.731. The summed E-state index contributed by atoms with van der Waals surface area (Å²) in [6.07, 6.45) is 3.42. The molecule has 0 unspecified atom stereocenters. The van der Waals surface area contributed by atoms with Crippen LogP contribution < -0.4 is 5.73 Å². The first-order valence-corrected chi connectivity index (χ1v) is 6.33. The second kappa shape index (κ2) is 4.94. The van der Waals surface area contributed by atoms with E-state index in [-0.39, 0.29) is 0 Å². The molecule has 0 fully saturated rings. The van der Waals surface area contributed by atoms with Crippen LogP contribution in [0.25, 0.3) is 22.8 Å². The van der Waals surface area contributed by atoms with Crippen LogP contribution >= 0.6 is 11.6 Å². The molecule has 3 aromatic rings. The van der Waals surface area contributed by atoms with Gasteiger partial charge in [0.25, 0.3) is 5.89 Å². The molecule has 5 nitrogen and oxygen atoms in total. The van der Waals surface area contributed by atoms with Crippen molar-refractivity contribution in [2.45, 2.75) is 6.92 Å². The standard InChI is InChI=1S/C14H11ClN4O/c1-8-4-5-17-7-11(8)13-18-14(20-19-13)10-3-2-9(15)6-12(10)16/h2-7H,16H2,1H3. The number of nitrogens with zero attached hydrogens (tertiary/aromatic N) is 3. The molecule has 0 aliphatic carbocycles. The number of benzene rings is 1. The van der Waals surface area contributed by atoms with Crippen LogP contribution in [0, 0.1) is 6.92 Å². The van der Waals surface area contributed by atoms with E-state index in [2.05, 4.69) is 15.1 Å². The van der Waals surface area contributed by atoms with Crippen LogP contribution in [0.15, 0.2) is 41.2 Å². The summed E-state index contributed by atoms with van der Waals surface area (Å²) in [5.41, 5.74) is 8.92. The lowest BCUT2D eigenvalue weighted by Crippen LogP contribution is -1.90. The Bertz CT molecular complexity index is 769. The SMILES string of the molecule is Cc1ccncc1-c1noc(-c2ccc(Cl)cc2N)n1. The molecule has 0 spiro atoms. The third kappa shape index (κ3) is 2.23. The first-order valence-electron chi connectivity index (χ1n) is 5.95. The number of hydrogen-bond donors (Lipinski definition) is 1. The van der Waals surface area contributed by atoms with Crippen molar-refractivity contribution >= 4 is 17.3 Å². The molecule has 6 heteroatoms. The average Bonchev–Trinajstić information content (AvgIpc) is 2.88. The minimum Gasteiger partial charge on any atom is -0.398 e. The molecular weight excluding hydrogens is 276 g/mol. The normalized spacial score (nSPS) is 10.7. The van der Waals surface area contributed by atoms with Gasteiger partial charge in [-0.2, -0.15) is 4.98 Å². The van der Waals surface area contributed by atoms with Crippen LogP contribution in [-0.2, 0) is 0 Å². The molecule has 3 rings (SSSR count). The lowest BCUT2D eigenvalue weighted by Gasteiger charge is -2.00. The first kappa shape index (κ1) is 12.6. The summed E-state index contributed by atoms with van der Waals surface area (Å²) in [6, 6.07) is 7.02. The lowest BCUT2D eigenvalue weighted by atomic mass is 10.1. The van der Waals surface area contributed by atoms with E-state index in [0.29, 0.717) is 28.0 Å². The van der Waals surface area contributed by atoms with E-state index in [4.69, 9.17) is 21.9 Å². The molecule has 0 radical (unpaired) electrons. The second-order valence-corrected chi connectivity index (χ2v) is 4.78. The average molecular weight is 287 g/mol. The molecule has 2 aromatic heterocycles. The summed E-state index contributed by atoms with van der Waals surface area (Å²) in [5, 5.41) is 4.54. The summed E-state index contributed by atoms with van der Waals surface area (Å²) in [6.45, 7) is 1.96. The predicted octanol–water partition coefficient (Wildman–Crippen LogP) is 3.34. The third-order valence-electron chi connectivity index (χ3n) is 2.95. The van der Waals surface area contributed by atoms with Gasteiger partial charge in [0, 0.05) is 28.7 Å². The van der Waals surface area contributed by atoms with Gasteiger partial charge in [-0.25, -0.2) is 0 Å². The van der Waals surface area contributed by atoms with Crippen LogP contribution in [0.1, 0.15) is 5.56 Å². The van der Waals surface area contributed by atoms with Gasteiger partial charge in [0.05, 0.1) is 5.56 Å². The van der Waals surface area contributed by atoms with E-state index < -0.39 is 0 Å². The number of hydrogen-bond acceptors (Lipinski definition) is 5. The number of aryl methyl sites for hydroxylation is 1. The molecular formula is C14H11ClN4O. The topological polar surface area (TPSA) is 77.8 Å². The van der Waals surface area contributed by atoms with Gasteiger partial charge in [-0.3, -0.25) is 4.98 Å². The second-order valence-electron chi connectivity index (χ2n) is 4.35. The molecule has 1 aromatic carbocycles. The van der Waals surface area contributed by atoms with Crippen LogP contribution in [0.3, 0.4) is 0 Å². The molecule has 0 bridgehead atoms. The molecule has 20 heavy (non-hydrogen) atoms.